The van der Waals surface area contributed by atoms with Crippen molar-refractivity contribution in [2.24, 2.45) is 11.8 Å². The molecule has 1 aliphatic carbocycles. The van der Waals surface area contributed by atoms with Crippen molar-refractivity contribution >= 4 is 5.82 Å². The summed E-state index contributed by atoms with van der Waals surface area (Å²) >= 11 is 0. The molecule has 2 aromatic heterocycles. The average Bonchev–Trinajstić information content (AvgIpc) is 2.57. The Morgan fingerprint density at radius 2 is 1.96 bits per heavy atom. The van der Waals surface area contributed by atoms with Crippen LogP contribution in [0.3, 0.4) is 0 Å². The molecule has 0 N–H and O–H groups in total. The summed E-state index contributed by atoms with van der Waals surface area (Å²) in [5.74, 6) is 2.12. The van der Waals surface area contributed by atoms with Crippen LogP contribution in [0, 0.1) is 11.8 Å². The highest BCUT2D eigenvalue weighted by Crippen LogP contribution is 2.29. The Morgan fingerprint density at radius 1 is 1.19 bits per heavy atom. The lowest BCUT2D eigenvalue weighted by atomic mass is 9.88. The molecular formula is C21H29N5O. The summed E-state index contributed by atoms with van der Waals surface area (Å²) in [4.78, 5) is 14.4. The second-order valence-electron chi connectivity index (χ2n) is 9.28. The number of rotatable bonds is 3. The predicted molar refractivity (Wildman–Crippen MR) is 106 cm³/mol. The van der Waals surface area contributed by atoms with Crippen LogP contribution in [0.1, 0.15) is 51.1 Å². The lowest BCUT2D eigenvalue weighted by molar-refractivity contribution is 0.327. The molecule has 0 radical (unpaired) electrons. The van der Waals surface area contributed by atoms with E-state index in [1.54, 1.807) is 10.7 Å². The number of aryl methyl sites for hydroxylation is 1. The predicted octanol–water partition coefficient (Wildman–Crippen LogP) is 2.59. The monoisotopic (exact) mass is 367 g/mol. The molecular weight excluding hydrogens is 338 g/mol. The minimum Gasteiger partial charge on any atom is -0.354 e. The van der Waals surface area contributed by atoms with Gasteiger partial charge in [0.2, 0.25) is 0 Å². The molecule has 6 nitrogen and oxygen atoms in total. The van der Waals surface area contributed by atoms with E-state index in [4.69, 9.17) is 0 Å². The zero-order valence-electron chi connectivity index (χ0n) is 16.8. The summed E-state index contributed by atoms with van der Waals surface area (Å²) in [6, 6.07) is 5.70. The van der Waals surface area contributed by atoms with E-state index in [-0.39, 0.29) is 11.0 Å². The van der Waals surface area contributed by atoms with Crippen LogP contribution in [0.2, 0.25) is 0 Å². The summed E-state index contributed by atoms with van der Waals surface area (Å²) < 4.78 is 1.63. The van der Waals surface area contributed by atoms with Gasteiger partial charge in [0, 0.05) is 30.5 Å². The van der Waals surface area contributed by atoms with Crippen LogP contribution < -0.4 is 10.5 Å². The van der Waals surface area contributed by atoms with Crippen LogP contribution in [0.5, 0.6) is 0 Å². The SMILES string of the molecule is CC1CCc2nnc(N3CC(Cn4nc(C(C)(C)C)ccc4=O)C3)cc2C1. The van der Waals surface area contributed by atoms with E-state index in [0.717, 1.165) is 43.4 Å². The number of hydrogen-bond donors (Lipinski definition) is 0. The van der Waals surface area contributed by atoms with Crippen molar-refractivity contribution in [3.8, 4) is 0 Å². The molecule has 0 aromatic carbocycles. The van der Waals surface area contributed by atoms with Gasteiger partial charge in [-0.2, -0.15) is 10.2 Å². The Kier molecular flexibility index (Phi) is 4.52. The molecule has 0 bridgehead atoms. The maximum Gasteiger partial charge on any atom is 0.266 e. The smallest absolute Gasteiger partial charge is 0.266 e. The van der Waals surface area contributed by atoms with Crippen LogP contribution in [0.25, 0.3) is 0 Å². The first-order chi connectivity index (χ1) is 12.8. The Balaban J connectivity index is 1.42. The van der Waals surface area contributed by atoms with E-state index < -0.39 is 0 Å². The van der Waals surface area contributed by atoms with Crippen molar-refractivity contribution < 1.29 is 0 Å². The third-order valence-electron chi connectivity index (χ3n) is 5.74. The van der Waals surface area contributed by atoms with E-state index in [9.17, 15) is 4.79 Å². The third kappa shape index (κ3) is 3.75. The molecule has 1 unspecified atom stereocenters. The lowest BCUT2D eigenvalue weighted by Crippen LogP contribution is -2.50. The standard InChI is InChI=1S/C21H29N5O/c1-14-5-6-17-16(9-14)10-19(23-22-17)25-11-15(12-25)13-26-20(27)8-7-18(24-26)21(2,3)4/h7-8,10,14-15H,5-6,9,11-13H2,1-4H3. The maximum atomic E-state index is 12.2. The van der Waals surface area contributed by atoms with E-state index in [1.807, 2.05) is 6.07 Å². The van der Waals surface area contributed by atoms with Crippen molar-refractivity contribution in [1.82, 2.24) is 20.0 Å². The maximum absolute atomic E-state index is 12.2. The number of aromatic nitrogens is 4. The summed E-state index contributed by atoms with van der Waals surface area (Å²) in [6.45, 7) is 11.1. The minimum absolute atomic E-state index is 0.0241. The quantitative estimate of drug-likeness (QED) is 0.834. The zero-order valence-corrected chi connectivity index (χ0v) is 16.8. The first-order valence-electron chi connectivity index (χ1n) is 9.98. The Bertz CT molecular complexity index is 892. The molecule has 1 atom stereocenters. The molecule has 2 aliphatic rings. The number of hydrogen-bond acceptors (Lipinski definition) is 5. The van der Waals surface area contributed by atoms with Crippen molar-refractivity contribution in [3.63, 3.8) is 0 Å². The normalized spacial score (nSPS) is 20.3. The summed E-state index contributed by atoms with van der Waals surface area (Å²) in [5, 5.41) is 13.5. The Morgan fingerprint density at radius 3 is 2.70 bits per heavy atom. The van der Waals surface area contributed by atoms with Crippen molar-refractivity contribution in [1.29, 1.82) is 0 Å². The first kappa shape index (κ1) is 18.1. The summed E-state index contributed by atoms with van der Waals surface area (Å²) in [5.41, 5.74) is 3.40. The fraction of sp³-hybridized carbons (Fsp3) is 0.619. The van der Waals surface area contributed by atoms with Crippen molar-refractivity contribution in [2.45, 2.75) is 58.9 Å². The molecule has 3 heterocycles. The van der Waals surface area contributed by atoms with Crippen LogP contribution in [-0.4, -0.2) is 33.1 Å². The van der Waals surface area contributed by atoms with Gasteiger partial charge in [-0.3, -0.25) is 4.79 Å². The number of anilines is 1. The van der Waals surface area contributed by atoms with Crippen molar-refractivity contribution in [3.05, 3.63) is 45.5 Å². The molecule has 2 aromatic rings. The highest BCUT2D eigenvalue weighted by atomic mass is 16.1. The largest absolute Gasteiger partial charge is 0.354 e. The van der Waals surface area contributed by atoms with E-state index in [1.165, 1.54) is 17.7 Å². The molecule has 0 saturated carbocycles. The molecule has 0 spiro atoms. The van der Waals surface area contributed by atoms with Crippen LogP contribution >= 0.6 is 0 Å². The Hall–Kier alpha value is -2.24. The fourth-order valence-electron chi connectivity index (χ4n) is 3.94. The summed E-state index contributed by atoms with van der Waals surface area (Å²) in [7, 11) is 0. The molecule has 27 heavy (non-hydrogen) atoms. The molecule has 0 amide bonds. The Labute approximate surface area is 160 Å². The fourth-order valence-corrected chi connectivity index (χ4v) is 3.94. The van der Waals surface area contributed by atoms with Gasteiger partial charge < -0.3 is 4.90 Å². The highest BCUT2D eigenvalue weighted by Gasteiger charge is 2.30. The third-order valence-corrected chi connectivity index (χ3v) is 5.74. The van der Waals surface area contributed by atoms with Gasteiger partial charge in [0.15, 0.2) is 5.82 Å². The highest BCUT2D eigenvalue weighted by molar-refractivity contribution is 5.44. The average molecular weight is 367 g/mol. The van der Waals surface area contributed by atoms with Gasteiger partial charge in [0.25, 0.3) is 5.56 Å². The molecule has 1 fully saturated rings. The zero-order chi connectivity index (χ0) is 19.2. The van der Waals surface area contributed by atoms with Gasteiger partial charge in [-0.15, -0.1) is 5.10 Å². The van der Waals surface area contributed by atoms with Gasteiger partial charge in [0.1, 0.15) is 0 Å². The number of fused-ring (bicyclic) bond motifs is 1. The number of nitrogens with zero attached hydrogens (tertiary/aromatic N) is 5. The van der Waals surface area contributed by atoms with Crippen LogP contribution in [-0.2, 0) is 24.8 Å². The van der Waals surface area contributed by atoms with Gasteiger partial charge in [-0.1, -0.05) is 27.7 Å². The molecule has 144 valence electrons. The van der Waals surface area contributed by atoms with E-state index in [0.29, 0.717) is 12.5 Å². The lowest BCUT2D eigenvalue weighted by Gasteiger charge is -2.40. The molecule has 1 saturated heterocycles. The molecule has 1 aliphatic heterocycles. The van der Waals surface area contributed by atoms with E-state index >= 15 is 0 Å². The van der Waals surface area contributed by atoms with E-state index in [2.05, 4.69) is 54.0 Å². The molecule has 4 rings (SSSR count). The second kappa shape index (κ2) is 6.73. The van der Waals surface area contributed by atoms with Gasteiger partial charge in [0.05, 0.1) is 17.9 Å². The van der Waals surface area contributed by atoms with Gasteiger partial charge >= 0.3 is 0 Å². The van der Waals surface area contributed by atoms with Gasteiger partial charge in [-0.05, 0) is 42.9 Å². The first-order valence-corrected chi connectivity index (χ1v) is 9.98. The second-order valence-corrected chi connectivity index (χ2v) is 9.28. The summed E-state index contributed by atoms with van der Waals surface area (Å²) in [6.07, 6.45) is 3.36. The van der Waals surface area contributed by atoms with Crippen LogP contribution in [0.15, 0.2) is 23.0 Å². The van der Waals surface area contributed by atoms with Crippen LogP contribution in [0.4, 0.5) is 5.82 Å². The molecule has 6 heteroatoms. The van der Waals surface area contributed by atoms with Gasteiger partial charge in [-0.25, -0.2) is 4.68 Å². The minimum atomic E-state index is -0.0586. The van der Waals surface area contributed by atoms with Crippen molar-refractivity contribution in [2.75, 3.05) is 18.0 Å². The topological polar surface area (TPSA) is 63.9 Å².